The maximum atomic E-state index is 13.2. The summed E-state index contributed by atoms with van der Waals surface area (Å²) in [6, 6.07) is 0. The van der Waals surface area contributed by atoms with Gasteiger partial charge in [0.1, 0.15) is 18.3 Å². The highest BCUT2D eigenvalue weighted by Crippen LogP contribution is 2.30. The first kappa shape index (κ1) is 13.9. The molecule has 8 nitrogen and oxygen atoms in total. The summed E-state index contributed by atoms with van der Waals surface area (Å²) in [4.78, 5) is 24.3. The third-order valence-electron chi connectivity index (χ3n) is 2.96. The van der Waals surface area contributed by atoms with Gasteiger partial charge in [0.05, 0.1) is 12.8 Å². The molecule has 0 aliphatic carbocycles. The highest BCUT2D eigenvalue weighted by molar-refractivity contribution is 4.95. The standard InChI is InChI=1S/C10H13FN2O6/c1-18-7-6(15)5(3-14)19-9(7)13-2-4(11)8(16)12-10(13)17/h2,5-7,9,14-15H,3H2,1H3,(H,12,16,17)/t5-,6+,7-,9-/m1/s1. The Bertz CT molecular complexity index is 570. The van der Waals surface area contributed by atoms with E-state index in [0.717, 1.165) is 4.57 Å². The zero-order valence-corrected chi connectivity index (χ0v) is 9.95. The lowest BCUT2D eigenvalue weighted by Crippen LogP contribution is -2.39. The van der Waals surface area contributed by atoms with Crippen molar-refractivity contribution in [3.63, 3.8) is 0 Å². The Morgan fingerprint density at radius 1 is 1.58 bits per heavy atom. The SMILES string of the molecule is CO[C@@H]1[C@@H](O)[C@@H](CO)O[C@H]1n1cc(F)c(=O)[nH]c1=O. The molecule has 2 heterocycles. The molecule has 1 aliphatic rings. The normalized spacial score (nSPS) is 30.7. The molecular formula is C10H13FN2O6. The van der Waals surface area contributed by atoms with Crippen molar-refractivity contribution in [3.05, 3.63) is 32.9 Å². The quantitative estimate of drug-likeness (QED) is 0.585. The van der Waals surface area contributed by atoms with Gasteiger partial charge in [-0.15, -0.1) is 0 Å². The Morgan fingerprint density at radius 3 is 2.84 bits per heavy atom. The third kappa shape index (κ3) is 2.32. The van der Waals surface area contributed by atoms with Gasteiger partial charge in [-0.05, 0) is 0 Å². The van der Waals surface area contributed by atoms with Crippen LogP contribution in [0.1, 0.15) is 6.23 Å². The van der Waals surface area contributed by atoms with Crippen LogP contribution in [-0.4, -0.2) is 51.8 Å². The lowest BCUT2D eigenvalue weighted by molar-refractivity contribution is -0.0629. The molecule has 2 rings (SSSR count). The molecular weight excluding hydrogens is 263 g/mol. The summed E-state index contributed by atoms with van der Waals surface area (Å²) in [5.41, 5.74) is -2.04. The minimum atomic E-state index is -1.18. The van der Waals surface area contributed by atoms with E-state index in [1.807, 2.05) is 0 Å². The summed E-state index contributed by atoms with van der Waals surface area (Å²) in [7, 11) is 1.27. The average Bonchev–Trinajstić information content (AvgIpc) is 2.70. The number of aromatic amines is 1. The zero-order chi connectivity index (χ0) is 14.2. The number of methoxy groups -OCH3 is 1. The van der Waals surface area contributed by atoms with Crippen LogP contribution in [0.3, 0.4) is 0 Å². The third-order valence-corrected chi connectivity index (χ3v) is 2.96. The Balaban J connectivity index is 2.44. The van der Waals surface area contributed by atoms with Crippen LogP contribution in [0.2, 0.25) is 0 Å². The number of hydrogen-bond acceptors (Lipinski definition) is 6. The molecule has 0 bridgehead atoms. The number of aliphatic hydroxyl groups is 2. The first-order chi connectivity index (χ1) is 8.99. The minimum absolute atomic E-state index is 0.488. The summed E-state index contributed by atoms with van der Waals surface area (Å²) in [5.74, 6) is -1.17. The van der Waals surface area contributed by atoms with Crippen molar-refractivity contribution in [2.24, 2.45) is 0 Å². The molecule has 0 aromatic carbocycles. The number of ether oxygens (including phenoxy) is 2. The molecule has 0 radical (unpaired) electrons. The number of H-pyrrole nitrogens is 1. The fourth-order valence-corrected chi connectivity index (χ4v) is 2.00. The number of aromatic nitrogens is 2. The lowest BCUT2D eigenvalue weighted by Gasteiger charge is -2.20. The molecule has 1 saturated heterocycles. The molecule has 1 aromatic rings. The Morgan fingerprint density at radius 2 is 2.26 bits per heavy atom. The number of nitrogens with one attached hydrogen (secondary N) is 1. The molecule has 1 fully saturated rings. The average molecular weight is 276 g/mol. The van der Waals surface area contributed by atoms with Crippen LogP contribution in [0, 0.1) is 5.82 Å². The molecule has 1 aromatic heterocycles. The highest BCUT2D eigenvalue weighted by atomic mass is 19.1. The number of nitrogens with zero attached hydrogens (tertiary/aromatic N) is 1. The monoisotopic (exact) mass is 276 g/mol. The van der Waals surface area contributed by atoms with Crippen molar-refractivity contribution < 1.29 is 24.1 Å². The summed E-state index contributed by atoms with van der Waals surface area (Å²) in [5, 5.41) is 18.8. The van der Waals surface area contributed by atoms with Crippen molar-refractivity contribution in [1.82, 2.24) is 9.55 Å². The Kier molecular flexibility index (Phi) is 3.80. The van der Waals surface area contributed by atoms with Gasteiger partial charge in [-0.3, -0.25) is 14.3 Å². The van der Waals surface area contributed by atoms with E-state index in [2.05, 4.69) is 0 Å². The van der Waals surface area contributed by atoms with Crippen LogP contribution in [-0.2, 0) is 9.47 Å². The van der Waals surface area contributed by atoms with Crippen LogP contribution in [0.15, 0.2) is 15.8 Å². The fraction of sp³-hybridized carbons (Fsp3) is 0.600. The van der Waals surface area contributed by atoms with Gasteiger partial charge in [-0.25, -0.2) is 4.79 Å². The first-order valence-electron chi connectivity index (χ1n) is 5.47. The smallest absolute Gasteiger partial charge is 0.330 e. The Hall–Kier alpha value is -1.55. The summed E-state index contributed by atoms with van der Waals surface area (Å²) >= 11 is 0. The predicted octanol–water partition coefficient (Wildman–Crippen LogP) is -2.06. The molecule has 0 unspecified atom stereocenters. The number of rotatable bonds is 3. The van der Waals surface area contributed by atoms with Gasteiger partial charge in [-0.1, -0.05) is 0 Å². The number of aliphatic hydroxyl groups excluding tert-OH is 2. The zero-order valence-electron chi connectivity index (χ0n) is 9.95. The van der Waals surface area contributed by atoms with Crippen LogP contribution in [0.25, 0.3) is 0 Å². The molecule has 9 heteroatoms. The van der Waals surface area contributed by atoms with E-state index in [4.69, 9.17) is 14.6 Å². The first-order valence-corrected chi connectivity index (χ1v) is 5.47. The van der Waals surface area contributed by atoms with E-state index in [0.29, 0.717) is 6.20 Å². The molecule has 3 N–H and O–H groups in total. The second-order valence-electron chi connectivity index (χ2n) is 4.08. The Labute approximate surface area is 106 Å². The number of halogens is 1. The molecule has 1 aliphatic heterocycles. The summed E-state index contributed by atoms with van der Waals surface area (Å²) < 4.78 is 24.2. The van der Waals surface area contributed by atoms with Gasteiger partial charge in [0.25, 0.3) is 5.56 Å². The van der Waals surface area contributed by atoms with Gasteiger partial charge in [0.2, 0.25) is 5.82 Å². The van der Waals surface area contributed by atoms with Gasteiger partial charge >= 0.3 is 5.69 Å². The minimum Gasteiger partial charge on any atom is -0.394 e. The van der Waals surface area contributed by atoms with E-state index in [1.54, 1.807) is 4.98 Å². The molecule has 19 heavy (non-hydrogen) atoms. The van der Waals surface area contributed by atoms with Crippen molar-refractivity contribution in [2.75, 3.05) is 13.7 Å². The van der Waals surface area contributed by atoms with Gasteiger partial charge in [0.15, 0.2) is 6.23 Å². The second-order valence-corrected chi connectivity index (χ2v) is 4.08. The van der Waals surface area contributed by atoms with Crippen molar-refractivity contribution in [3.8, 4) is 0 Å². The van der Waals surface area contributed by atoms with Crippen LogP contribution >= 0.6 is 0 Å². The molecule has 4 atom stereocenters. The van der Waals surface area contributed by atoms with Crippen LogP contribution in [0.5, 0.6) is 0 Å². The van der Waals surface area contributed by atoms with Gasteiger partial charge in [0, 0.05) is 7.11 Å². The molecule has 0 spiro atoms. The van der Waals surface area contributed by atoms with Crippen LogP contribution in [0.4, 0.5) is 4.39 Å². The fourth-order valence-electron chi connectivity index (χ4n) is 2.00. The van der Waals surface area contributed by atoms with E-state index < -0.39 is 48.2 Å². The highest BCUT2D eigenvalue weighted by Gasteiger charge is 2.45. The largest absolute Gasteiger partial charge is 0.394 e. The van der Waals surface area contributed by atoms with Gasteiger partial charge in [-0.2, -0.15) is 4.39 Å². The van der Waals surface area contributed by atoms with Crippen molar-refractivity contribution in [2.45, 2.75) is 24.5 Å². The molecule has 106 valence electrons. The summed E-state index contributed by atoms with van der Waals surface area (Å²) in [6.45, 7) is -0.488. The maximum Gasteiger partial charge on any atom is 0.330 e. The lowest BCUT2D eigenvalue weighted by atomic mass is 10.1. The van der Waals surface area contributed by atoms with Crippen molar-refractivity contribution >= 4 is 0 Å². The maximum absolute atomic E-state index is 13.2. The second kappa shape index (κ2) is 5.21. The predicted molar refractivity (Wildman–Crippen MR) is 59.1 cm³/mol. The van der Waals surface area contributed by atoms with Gasteiger partial charge < -0.3 is 19.7 Å². The number of hydrogen-bond donors (Lipinski definition) is 3. The molecule has 0 saturated carbocycles. The van der Waals surface area contributed by atoms with E-state index >= 15 is 0 Å². The van der Waals surface area contributed by atoms with E-state index in [9.17, 15) is 19.1 Å². The van der Waals surface area contributed by atoms with E-state index in [-0.39, 0.29) is 0 Å². The van der Waals surface area contributed by atoms with Crippen molar-refractivity contribution in [1.29, 1.82) is 0 Å². The van der Waals surface area contributed by atoms with Crippen LogP contribution < -0.4 is 11.2 Å². The molecule has 0 amide bonds. The topological polar surface area (TPSA) is 114 Å². The summed E-state index contributed by atoms with van der Waals surface area (Å²) in [6.07, 6.45) is -3.58. The van der Waals surface area contributed by atoms with E-state index in [1.165, 1.54) is 7.11 Å².